The molecule has 1 heterocycles. The molecule has 0 fully saturated rings. The highest BCUT2D eigenvalue weighted by atomic mass is 16.3. The quantitative estimate of drug-likeness (QED) is 0.166. The molecule has 1 aromatic heterocycles. The van der Waals surface area contributed by atoms with Gasteiger partial charge in [0, 0.05) is 10.8 Å². The highest BCUT2D eigenvalue weighted by Gasteiger charge is 2.18. The van der Waals surface area contributed by atoms with E-state index in [0.29, 0.717) is 0 Å². The molecule has 0 saturated heterocycles. The third kappa shape index (κ3) is 4.79. The van der Waals surface area contributed by atoms with E-state index >= 15 is 0 Å². The third-order valence-electron chi connectivity index (χ3n) is 8.65. The monoisotopic (exact) mass is 703 g/mol. The van der Waals surface area contributed by atoms with Gasteiger partial charge in [-0.2, -0.15) is 0 Å². The molecule has 0 aliphatic rings. The zero-order chi connectivity index (χ0) is 61.9. The van der Waals surface area contributed by atoms with Crippen molar-refractivity contribution in [3.63, 3.8) is 0 Å². The van der Waals surface area contributed by atoms with Gasteiger partial charge in [-0.15, -0.1) is 0 Å². The molecule has 0 radical (unpaired) electrons. The van der Waals surface area contributed by atoms with Gasteiger partial charge in [0.05, 0.1) is 42.5 Å². The molecular weight excluding hydrogens is 641 g/mol. The standard InChI is InChI=1S/C52H32O/c1-2-11-33(12-3-1)38-24-27-42-48-31-37(25-28-49(48)53-50(42)32-38)36-23-26-41-39(29-36)15-10-20-43(41)52-46-18-8-6-16-44(46)51(45-17-7-9-19-47(45)52)40-22-21-34-13-4-5-14-35(34)30-40/h1-32H/i1D,2D,3D,4D,5D,6D,7D,8D,9D,10D,11D,12D,13D,14D,15D,16D,17D,18D,20D,21D,22D,23D,24D,25D,26D,27D,28D,29D,30D,31D,32D. The van der Waals surface area contributed by atoms with Crippen molar-refractivity contribution in [2.45, 2.75) is 0 Å². The number of hydrogen-bond donors (Lipinski definition) is 0. The van der Waals surface area contributed by atoms with E-state index in [2.05, 4.69) is 0 Å². The van der Waals surface area contributed by atoms with Crippen LogP contribution in [0.25, 0.3) is 110 Å². The molecule has 53 heavy (non-hydrogen) atoms. The van der Waals surface area contributed by atoms with Gasteiger partial charge in [-0.05, 0) is 124 Å². The molecule has 1 heteroatoms. The van der Waals surface area contributed by atoms with Crippen LogP contribution < -0.4 is 0 Å². The summed E-state index contributed by atoms with van der Waals surface area (Å²) in [5.41, 5.74) is -6.95. The molecule has 0 aliphatic heterocycles. The van der Waals surface area contributed by atoms with Crippen molar-refractivity contribution in [3.8, 4) is 44.5 Å². The molecule has 11 rings (SSSR count). The molecule has 246 valence electrons. The second kappa shape index (κ2) is 11.8. The summed E-state index contributed by atoms with van der Waals surface area (Å²) in [5.74, 6) is 0. The highest BCUT2D eigenvalue weighted by molar-refractivity contribution is 6.24. The molecule has 0 saturated carbocycles. The zero-order valence-corrected chi connectivity index (χ0v) is 26.5. The normalized spacial score (nSPS) is 20.0. The van der Waals surface area contributed by atoms with Crippen LogP contribution >= 0.6 is 0 Å². The molecule has 0 spiro atoms. The lowest BCUT2D eigenvalue weighted by molar-refractivity contribution is 0.669. The summed E-state index contributed by atoms with van der Waals surface area (Å²) >= 11 is 0. The van der Waals surface area contributed by atoms with E-state index in [-0.39, 0.29) is 0 Å². The Hall–Kier alpha value is -6.96. The van der Waals surface area contributed by atoms with Gasteiger partial charge < -0.3 is 4.42 Å². The van der Waals surface area contributed by atoms with Gasteiger partial charge in [-0.1, -0.05) is 157 Å². The smallest absolute Gasteiger partial charge is 0.136 e. The van der Waals surface area contributed by atoms with Crippen molar-refractivity contribution >= 4 is 65.0 Å². The molecule has 0 N–H and O–H groups in total. The van der Waals surface area contributed by atoms with Crippen molar-refractivity contribution in [3.05, 3.63) is 193 Å². The lowest BCUT2D eigenvalue weighted by Gasteiger charge is -2.19. The summed E-state index contributed by atoms with van der Waals surface area (Å²) in [6.45, 7) is 0. The Morgan fingerprint density at radius 2 is 0.925 bits per heavy atom. The van der Waals surface area contributed by atoms with Crippen LogP contribution in [0.3, 0.4) is 0 Å². The van der Waals surface area contributed by atoms with Crippen LogP contribution in [0, 0.1) is 0 Å². The summed E-state index contributed by atoms with van der Waals surface area (Å²) in [6.07, 6.45) is 0. The van der Waals surface area contributed by atoms with Crippen molar-refractivity contribution < 1.29 is 46.9 Å². The molecule has 0 atom stereocenters. The molecule has 0 amide bonds. The van der Waals surface area contributed by atoms with Crippen LogP contribution in [0.2, 0.25) is 0 Å². The lowest BCUT2D eigenvalue weighted by atomic mass is 9.84. The van der Waals surface area contributed by atoms with Gasteiger partial charge in [-0.3, -0.25) is 0 Å². The summed E-state index contributed by atoms with van der Waals surface area (Å²) in [7, 11) is 0. The van der Waals surface area contributed by atoms with Gasteiger partial charge in [0.15, 0.2) is 0 Å². The van der Waals surface area contributed by atoms with Gasteiger partial charge in [0.25, 0.3) is 0 Å². The largest absolute Gasteiger partial charge is 0.456 e. The van der Waals surface area contributed by atoms with Crippen molar-refractivity contribution in [2.24, 2.45) is 0 Å². The van der Waals surface area contributed by atoms with Crippen LogP contribution in [0.15, 0.2) is 198 Å². The van der Waals surface area contributed by atoms with E-state index in [1.165, 1.54) is 0 Å². The maximum atomic E-state index is 9.79. The van der Waals surface area contributed by atoms with E-state index in [1.807, 2.05) is 0 Å². The maximum Gasteiger partial charge on any atom is 0.136 e. The molecule has 1 nitrogen and oxygen atoms in total. The van der Waals surface area contributed by atoms with E-state index in [9.17, 15) is 17.8 Å². The predicted octanol–water partition coefficient (Wildman–Crippen LogP) is 14.9. The Labute approximate surface area is 350 Å². The van der Waals surface area contributed by atoms with Crippen LogP contribution in [0.4, 0.5) is 0 Å². The molecular formula is C52H32O. The van der Waals surface area contributed by atoms with Crippen molar-refractivity contribution in [2.75, 3.05) is 0 Å². The summed E-state index contributed by atoms with van der Waals surface area (Å²) in [4.78, 5) is 0. The maximum absolute atomic E-state index is 9.79. The summed E-state index contributed by atoms with van der Waals surface area (Å²) < 4.78 is 286. The van der Waals surface area contributed by atoms with Crippen LogP contribution in [-0.4, -0.2) is 0 Å². The molecule has 0 aliphatic carbocycles. The van der Waals surface area contributed by atoms with Crippen molar-refractivity contribution in [1.29, 1.82) is 0 Å². The predicted molar refractivity (Wildman–Crippen MR) is 225 cm³/mol. The van der Waals surface area contributed by atoms with Gasteiger partial charge in [-0.25, -0.2) is 0 Å². The molecule has 0 bridgehead atoms. The SMILES string of the molecule is [2H]c1cc2c(-c3c([2H])c([2H])c([2H])c4c([2H])c(-c5c([2H])c([2H])c6oc7c([2H])c(-c8c([2H])c([2H])c([2H])c([2H])c8[2H])c([2H])c([2H])c7c6c5[2H])c([2H])c([2H])c34)c3c([2H])c([2H])c([2H])c([2H])c3c(-c3c([2H])c([2H])c4c([2H])c([2H])c([2H])c([2H])c4c3[2H])c2c([2H])c1[2H]. The minimum atomic E-state index is -1.07. The van der Waals surface area contributed by atoms with Crippen LogP contribution in [0.1, 0.15) is 42.5 Å². The number of benzene rings is 10. The zero-order valence-electron chi connectivity index (χ0n) is 57.5. The van der Waals surface area contributed by atoms with Gasteiger partial charge >= 0.3 is 0 Å². The van der Waals surface area contributed by atoms with Crippen LogP contribution in [-0.2, 0) is 0 Å². The van der Waals surface area contributed by atoms with E-state index in [4.69, 9.17) is 29.1 Å². The van der Waals surface area contributed by atoms with Crippen molar-refractivity contribution in [1.82, 2.24) is 0 Å². The van der Waals surface area contributed by atoms with E-state index in [0.717, 1.165) is 6.07 Å². The Bertz CT molecular complexity index is 5000. The Morgan fingerprint density at radius 3 is 1.79 bits per heavy atom. The topological polar surface area (TPSA) is 13.1 Å². The average molecular weight is 704 g/mol. The van der Waals surface area contributed by atoms with E-state index < -0.39 is 297 Å². The summed E-state index contributed by atoms with van der Waals surface area (Å²) in [5, 5.41) is -6.28. The van der Waals surface area contributed by atoms with Crippen LogP contribution in [0.5, 0.6) is 0 Å². The highest BCUT2D eigenvalue weighted by Crippen LogP contribution is 2.46. The Balaban J connectivity index is 1.31. The molecule has 0 unspecified atom stereocenters. The van der Waals surface area contributed by atoms with Gasteiger partial charge in [0.1, 0.15) is 11.2 Å². The second-order valence-corrected chi connectivity index (χ2v) is 11.6. The third-order valence-corrected chi connectivity index (χ3v) is 8.65. The van der Waals surface area contributed by atoms with Gasteiger partial charge in [0.2, 0.25) is 0 Å². The Kier molecular flexibility index (Phi) is 2.74. The lowest BCUT2D eigenvalue weighted by Crippen LogP contribution is -1.92. The number of furan rings is 1. The van der Waals surface area contributed by atoms with E-state index in [1.54, 1.807) is 0 Å². The fraction of sp³-hybridized carbons (Fsp3) is 0. The molecule has 11 aromatic rings. The fourth-order valence-corrected chi connectivity index (χ4v) is 6.34. The second-order valence-electron chi connectivity index (χ2n) is 11.6. The Morgan fingerprint density at radius 1 is 0.302 bits per heavy atom. The minimum absolute atomic E-state index is 0.510. The first-order chi connectivity index (χ1) is 39.2. The number of fused-ring (bicyclic) bond motifs is 7. The summed E-state index contributed by atoms with van der Waals surface area (Å²) in [6, 6.07) is -27.2. The molecule has 10 aromatic carbocycles. The first kappa shape index (κ1) is 12.3. The first-order valence-electron chi connectivity index (χ1n) is 31.2. The average Bonchev–Trinajstić information content (AvgIpc) is 1.55. The number of rotatable bonds is 4. The first-order valence-corrected chi connectivity index (χ1v) is 15.7. The number of hydrogen-bond acceptors (Lipinski definition) is 1. The fourth-order valence-electron chi connectivity index (χ4n) is 6.34. The minimum Gasteiger partial charge on any atom is -0.456 e.